The average Bonchev–Trinajstić information content (AvgIpc) is 2.29. The molecule has 0 saturated carbocycles. The Morgan fingerprint density at radius 1 is 1.24 bits per heavy atom. The summed E-state index contributed by atoms with van der Waals surface area (Å²) in [6.07, 6.45) is 5.56. The summed E-state index contributed by atoms with van der Waals surface area (Å²) in [5, 5.41) is 1.31. The fourth-order valence-electron chi connectivity index (χ4n) is 1.65. The molecule has 1 aromatic rings. The normalized spacial score (nSPS) is 11.9. The lowest BCUT2D eigenvalue weighted by Crippen LogP contribution is -2.33. The summed E-state index contributed by atoms with van der Waals surface area (Å²) >= 11 is 3.43. The largest absolute Gasteiger partial charge is 0.413 e. The first-order chi connectivity index (χ1) is 8.09. The standard InChI is InChI=1S/C14H19BrOSi/c1-4-10-14(3,11-5-2)16-17-13-8-6-12(15)7-9-13/h4-9H,1-2,10-11,17H2,3H3. The van der Waals surface area contributed by atoms with Gasteiger partial charge in [0.15, 0.2) is 9.76 Å². The van der Waals surface area contributed by atoms with Crippen LogP contribution in [0.3, 0.4) is 0 Å². The van der Waals surface area contributed by atoms with Gasteiger partial charge in [0, 0.05) is 4.47 Å². The lowest BCUT2D eigenvalue weighted by atomic mass is 9.99. The molecule has 0 N–H and O–H groups in total. The Kier molecular flexibility index (Phi) is 5.89. The number of hydrogen-bond donors (Lipinski definition) is 0. The summed E-state index contributed by atoms with van der Waals surface area (Å²) in [4.78, 5) is 0. The minimum atomic E-state index is -0.689. The van der Waals surface area contributed by atoms with E-state index in [0.717, 1.165) is 17.3 Å². The van der Waals surface area contributed by atoms with Gasteiger partial charge in [-0.05, 0) is 37.1 Å². The van der Waals surface area contributed by atoms with Crippen molar-refractivity contribution in [2.24, 2.45) is 0 Å². The monoisotopic (exact) mass is 310 g/mol. The van der Waals surface area contributed by atoms with Crippen LogP contribution in [-0.4, -0.2) is 15.4 Å². The summed E-state index contributed by atoms with van der Waals surface area (Å²) in [5.41, 5.74) is -0.136. The molecule has 0 fully saturated rings. The molecule has 1 aromatic carbocycles. The molecule has 0 radical (unpaired) electrons. The van der Waals surface area contributed by atoms with Crippen LogP contribution < -0.4 is 5.19 Å². The van der Waals surface area contributed by atoms with E-state index in [0.29, 0.717) is 0 Å². The first-order valence-corrected chi connectivity index (χ1v) is 7.77. The fraction of sp³-hybridized carbons (Fsp3) is 0.286. The molecule has 92 valence electrons. The molecule has 0 aromatic heterocycles. The van der Waals surface area contributed by atoms with Gasteiger partial charge in [0.1, 0.15) is 0 Å². The van der Waals surface area contributed by atoms with Gasteiger partial charge in [0.2, 0.25) is 0 Å². The van der Waals surface area contributed by atoms with E-state index in [9.17, 15) is 0 Å². The summed E-state index contributed by atoms with van der Waals surface area (Å²) in [6.45, 7) is 9.71. The summed E-state index contributed by atoms with van der Waals surface area (Å²) in [5.74, 6) is 0. The first-order valence-electron chi connectivity index (χ1n) is 5.70. The van der Waals surface area contributed by atoms with Gasteiger partial charge < -0.3 is 4.43 Å². The number of hydrogen-bond acceptors (Lipinski definition) is 1. The highest BCUT2D eigenvalue weighted by Crippen LogP contribution is 2.20. The Hall–Kier alpha value is -0.643. The van der Waals surface area contributed by atoms with Crippen molar-refractivity contribution in [3.63, 3.8) is 0 Å². The Balaban J connectivity index is 2.59. The molecule has 0 aliphatic carbocycles. The third-order valence-corrected chi connectivity index (χ3v) is 4.83. The van der Waals surface area contributed by atoms with Gasteiger partial charge in [-0.3, -0.25) is 0 Å². The van der Waals surface area contributed by atoms with Gasteiger partial charge in [-0.15, -0.1) is 13.2 Å². The number of rotatable bonds is 7. The van der Waals surface area contributed by atoms with Crippen LogP contribution in [-0.2, 0) is 4.43 Å². The number of benzene rings is 1. The molecule has 0 aliphatic rings. The van der Waals surface area contributed by atoms with E-state index in [1.165, 1.54) is 5.19 Å². The maximum atomic E-state index is 6.12. The van der Waals surface area contributed by atoms with Crippen LogP contribution in [0.4, 0.5) is 0 Å². The SMILES string of the molecule is C=CCC(C)(CC=C)O[SiH2]c1ccc(Br)cc1. The van der Waals surface area contributed by atoms with Crippen LogP contribution in [0, 0.1) is 0 Å². The van der Waals surface area contributed by atoms with Crippen LogP contribution >= 0.6 is 15.9 Å². The lowest BCUT2D eigenvalue weighted by molar-refractivity contribution is 0.104. The van der Waals surface area contributed by atoms with E-state index in [-0.39, 0.29) is 5.60 Å². The van der Waals surface area contributed by atoms with Crippen LogP contribution in [0.15, 0.2) is 54.0 Å². The van der Waals surface area contributed by atoms with Gasteiger partial charge in [-0.1, -0.05) is 40.2 Å². The molecule has 0 saturated heterocycles. The second-order valence-electron chi connectivity index (χ2n) is 4.35. The highest BCUT2D eigenvalue weighted by atomic mass is 79.9. The van der Waals surface area contributed by atoms with E-state index in [1.54, 1.807) is 0 Å². The van der Waals surface area contributed by atoms with Crippen LogP contribution in [0.5, 0.6) is 0 Å². The van der Waals surface area contributed by atoms with Crippen LogP contribution in [0.25, 0.3) is 0 Å². The molecule has 0 heterocycles. The van der Waals surface area contributed by atoms with E-state index in [4.69, 9.17) is 4.43 Å². The molecule has 17 heavy (non-hydrogen) atoms. The molecular formula is C14H19BrOSi. The molecule has 0 spiro atoms. The molecule has 0 unspecified atom stereocenters. The van der Waals surface area contributed by atoms with Crippen molar-refractivity contribution in [3.05, 3.63) is 54.0 Å². The molecular weight excluding hydrogens is 292 g/mol. The first kappa shape index (κ1) is 14.4. The smallest absolute Gasteiger partial charge is 0.193 e. The quantitative estimate of drug-likeness (QED) is 0.555. The Morgan fingerprint density at radius 2 is 1.76 bits per heavy atom. The number of halogens is 1. The fourth-order valence-corrected chi connectivity index (χ4v) is 3.09. The van der Waals surface area contributed by atoms with Crippen molar-refractivity contribution < 1.29 is 4.43 Å². The second-order valence-corrected chi connectivity index (χ2v) is 6.66. The summed E-state index contributed by atoms with van der Waals surface area (Å²) < 4.78 is 7.22. The highest BCUT2D eigenvalue weighted by Gasteiger charge is 2.21. The topological polar surface area (TPSA) is 9.23 Å². The zero-order valence-electron chi connectivity index (χ0n) is 10.3. The van der Waals surface area contributed by atoms with Gasteiger partial charge in [0.05, 0.1) is 5.60 Å². The zero-order chi connectivity index (χ0) is 12.7. The molecule has 1 nitrogen and oxygen atoms in total. The maximum Gasteiger partial charge on any atom is 0.193 e. The molecule has 3 heteroatoms. The van der Waals surface area contributed by atoms with E-state index >= 15 is 0 Å². The predicted octanol–water partition coefficient (Wildman–Crippen LogP) is 3.09. The van der Waals surface area contributed by atoms with E-state index in [2.05, 4.69) is 60.3 Å². The maximum absolute atomic E-state index is 6.12. The van der Waals surface area contributed by atoms with E-state index < -0.39 is 9.76 Å². The summed E-state index contributed by atoms with van der Waals surface area (Å²) in [7, 11) is -0.689. The zero-order valence-corrected chi connectivity index (χ0v) is 13.3. The second kappa shape index (κ2) is 6.94. The molecule has 0 amide bonds. The van der Waals surface area contributed by atoms with Crippen molar-refractivity contribution in [2.45, 2.75) is 25.4 Å². The Bertz CT molecular complexity index is 362. The minimum absolute atomic E-state index is 0.136. The van der Waals surface area contributed by atoms with Crippen LogP contribution in [0.2, 0.25) is 0 Å². The average molecular weight is 311 g/mol. The van der Waals surface area contributed by atoms with Crippen molar-refractivity contribution in [2.75, 3.05) is 0 Å². The Labute approximate surface area is 115 Å². The summed E-state index contributed by atoms with van der Waals surface area (Å²) in [6, 6.07) is 8.37. The van der Waals surface area contributed by atoms with Crippen molar-refractivity contribution in [1.82, 2.24) is 0 Å². The van der Waals surface area contributed by atoms with Crippen molar-refractivity contribution >= 4 is 30.9 Å². The van der Waals surface area contributed by atoms with Gasteiger partial charge in [-0.2, -0.15) is 0 Å². The molecule has 1 rings (SSSR count). The molecule has 0 aliphatic heterocycles. The van der Waals surface area contributed by atoms with Crippen molar-refractivity contribution in [1.29, 1.82) is 0 Å². The molecule has 0 bridgehead atoms. The third-order valence-electron chi connectivity index (χ3n) is 2.65. The van der Waals surface area contributed by atoms with E-state index in [1.807, 2.05) is 12.2 Å². The van der Waals surface area contributed by atoms with Crippen LogP contribution in [0.1, 0.15) is 19.8 Å². The lowest BCUT2D eigenvalue weighted by Gasteiger charge is -2.28. The third kappa shape index (κ3) is 5.02. The predicted molar refractivity (Wildman–Crippen MR) is 81.4 cm³/mol. The minimum Gasteiger partial charge on any atom is -0.413 e. The van der Waals surface area contributed by atoms with Gasteiger partial charge >= 0.3 is 0 Å². The Morgan fingerprint density at radius 3 is 2.24 bits per heavy atom. The van der Waals surface area contributed by atoms with Gasteiger partial charge in [-0.25, -0.2) is 0 Å². The van der Waals surface area contributed by atoms with Gasteiger partial charge in [0.25, 0.3) is 0 Å². The highest BCUT2D eigenvalue weighted by molar-refractivity contribution is 9.10. The molecule has 0 atom stereocenters. The van der Waals surface area contributed by atoms with Crippen molar-refractivity contribution in [3.8, 4) is 0 Å².